The van der Waals surface area contributed by atoms with Crippen LogP contribution in [0.1, 0.15) is 13.8 Å². The quantitative estimate of drug-likeness (QED) is 0.361. The molecule has 1 unspecified atom stereocenters. The molecule has 1 atom stereocenters. The number of ether oxygens (including phenoxy) is 4. The second kappa shape index (κ2) is 24.2. The van der Waals surface area contributed by atoms with Crippen molar-refractivity contribution in [3.8, 4) is 0 Å². The lowest BCUT2D eigenvalue weighted by molar-refractivity contribution is -0.00366. The van der Waals surface area contributed by atoms with Crippen LogP contribution in [-0.4, -0.2) is 73.1 Å². The van der Waals surface area contributed by atoms with E-state index >= 15 is 0 Å². The van der Waals surface area contributed by atoms with E-state index in [9.17, 15) is 0 Å². The third-order valence-electron chi connectivity index (χ3n) is 1.96. The topological polar surface area (TPSA) is 58.2 Å². The van der Waals surface area contributed by atoms with Crippen LogP contribution < -0.4 is 5.32 Å². The highest BCUT2D eigenvalue weighted by Gasteiger charge is 1.92. The molecule has 0 aliphatic rings. The standard InChI is InChI=1S/C11H26NO5P.C2H6/c1-12-2-3-13-4-5-14-6-7-15-8-9-16-10-11-17-18;1-2/h12H,2-11,18H2,1H3;1-2H3. The van der Waals surface area contributed by atoms with Gasteiger partial charge in [-0.2, -0.15) is 0 Å². The highest BCUT2D eigenvalue weighted by molar-refractivity contribution is 7.09. The van der Waals surface area contributed by atoms with Gasteiger partial charge in [-0.3, -0.25) is 0 Å². The monoisotopic (exact) mass is 313 g/mol. The Morgan fingerprint density at radius 3 is 1.35 bits per heavy atom. The Labute approximate surface area is 126 Å². The highest BCUT2D eigenvalue weighted by Crippen LogP contribution is 1.85. The molecule has 0 amide bonds. The summed E-state index contributed by atoms with van der Waals surface area (Å²) in [5.74, 6) is 0. The fourth-order valence-corrected chi connectivity index (χ4v) is 1.14. The Balaban J connectivity index is 0. The zero-order valence-corrected chi connectivity index (χ0v) is 14.3. The van der Waals surface area contributed by atoms with Gasteiger partial charge in [0.25, 0.3) is 0 Å². The van der Waals surface area contributed by atoms with Gasteiger partial charge in [-0.1, -0.05) is 13.8 Å². The second-order valence-electron chi connectivity index (χ2n) is 3.42. The van der Waals surface area contributed by atoms with Gasteiger partial charge < -0.3 is 28.8 Å². The fraction of sp³-hybridized carbons (Fsp3) is 1.00. The van der Waals surface area contributed by atoms with Gasteiger partial charge in [0.2, 0.25) is 0 Å². The first-order valence-electron chi connectivity index (χ1n) is 7.19. The van der Waals surface area contributed by atoms with Crippen molar-refractivity contribution in [2.75, 3.05) is 73.1 Å². The normalized spacial score (nSPS) is 10.2. The Kier molecular flexibility index (Phi) is 27.2. The second-order valence-corrected chi connectivity index (χ2v) is 3.76. The molecule has 0 spiro atoms. The molecule has 0 heterocycles. The van der Waals surface area contributed by atoms with Crippen LogP contribution in [0.15, 0.2) is 0 Å². The van der Waals surface area contributed by atoms with Crippen molar-refractivity contribution in [3.05, 3.63) is 0 Å². The lowest BCUT2D eigenvalue weighted by atomic mass is 10.6. The van der Waals surface area contributed by atoms with Crippen molar-refractivity contribution < 1.29 is 23.5 Å². The smallest absolute Gasteiger partial charge is 0.0736 e. The van der Waals surface area contributed by atoms with Crippen molar-refractivity contribution in [2.45, 2.75) is 13.8 Å². The van der Waals surface area contributed by atoms with Crippen LogP contribution >= 0.6 is 9.47 Å². The van der Waals surface area contributed by atoms with Gasteiger partial charge in [0.05, 0.1) is 59.5 Å². The summed E-state index contributed by atoms with van der Waals surface area (Å²) in [7, 11) is 4.08. The average Bonchev–Trinajstić information content (AvgIpc) is 2.50. The molecule has 7 heteroatoms. The molecule has 0 aliphatic carbocycles. The fourth-order valence-electron chi connectivity index (χ4n) is 1.04. The van der Waals surface area contributed by atoms with E-state index in [1.807, 2.05) is 20.9 Å². The number of likely N-dealkylation sites (N-methyl/N-ethyl adjacent to an activating group) is 1. The minimum Gasteiger partial charge on any atom is -0.378 e. The summed E-state index contributed by atoms with van der Waals surface area (Å²) in [5.41, 5.74) is 0. The number of rotatable bonds is 15. The molecule has 0 saturated heterocycles. The molecule has 0 aromatic rings. The van der Waals surface area contributed by atoms with Gasteiger partial charge >= 0.3 is 0 Å². The summed E-state index contributed by atoms with van der Waals surface area (Å²) in [5, 5.41) is 3.00. The molecule has 1 N–H and O–H groups in total. The van der Waals surface area contributed by atoms with Crippen LogP contribution in [0.4, 0.5) is 0 Å². The van der Waals surface area contributed by atoms with Crippen molar-refractivity contribution in [1.29, 1.82) is 0 Å². The third kappa shape index (κ3) is 23.3. The van der Waals surface area contributed by atoms with E-state index < -0.39 is 0 Å². The Bertz CT molecular complexity index is 139. The molecule has 0 radical (unpaired) electrons. The van der Waals surface area contributed by atoms with Crippen molar-refractivity contribution in [3.63, 3.8) is 0 Å². The molecule has 0 aromatic heterocycles. The molecule has 0 rings (SSSR count). The van der Waals surface area contributed by atoms with E-state index in [1.54, 1.807) is 0 Å². The summed E-state index contributed by atoms with van der Waals surface area (Å²) in [6, 6.07) is 0. The van der Waals surface area contributed by atoms with E-state index in [1.165, 1.54) is 0 Å². The molecule has 20 heavy (non-hydrogen) atoms. The van der Waals surface area contributed by atoms with Gasteiger partial charge in [-0.25, -0.2) is 0 Å². The number of nitrogens with one attached hydrogen (secondary N) is 1. The average molecular weight is 313 g/mol. The molecule has 0 bridgehead atoms. The summed E-state index contributed by atoms with van der Waals surface area (Å²) in [4.78, 5) is 0. The highest BCUT2D eigenvalue weighted by atomic mass is 31.0. The molecule has 0 aromatic carbocycles. The lowest BCUT2D eigenvalue weighted by Crippen LogP contribution is -2.17. The van der Waals surface area contributed by atoms with E-state index in [4.69, 9.17) is 23.5 Å². The maximum Gasteiger partial charge on any atom is 0.0736 e. The molecular weight excluding hydrogens is 281 g/mol. The third-order valence-corrected chi connectivity index (χ3v) is 2.19. The van der Waals surface area contributed by atoms with Crippen LogP contribution in [0.5, 0.6) is 0 Å². The lowest BCUT2D eigenvalue weighted by Gasteiger charge is -2.07. The maximum atomic E-state index is 5.32. The predicted molar refractivity (Wildman–Crippen MR) is 84.2 cm³/mol. The zero-order chi connectivity index (χ0) is 15.3. The number of hydrogen-bond acceptors (Lipinski definition) is 6. The summed E-state index contributed by atoms with van der Waals surface area (Å²) >= 11 is 0. The maximum absolute atomic E-state index is 5.32. The van der Waals surface area contributed by atoms with E-state index in [0.29, 0.717) is 59.5 Å². The first kappa shape index (κ1) is 22.5. The Hall–Kier alpha value is 0.190. The number of hydrogen-bond donors (Lipinski definition) is 1. The van der Waals surface area contributed by atoms with Crippen molar-refractivity contribution in [1.82, 2.24) is 5.32 Å². The van der Waals surface area contributed by atoms with E-state index in [-0.39, 0.29) is 0 Å². The summed E-state index contributed by atoms with van der Waals surface area (Å²) < 4.78 is 25.9. The van der Waals surface area contributed by atoms with Gasteiger partial charge in [0.1, 0.15) is 0 Å². The SMILES string of the molecule is CC.CNCCOCCOCCOCCOCCOP. The van der Waals surface area contributed by atoms with Crippen LogP contribution in [0, 0.1) is 0 Å². The summed E-state index contributed by atoms with van der Waals surface area (Å²) in [6.07, 6.45) is 0. The first-order valence-corrected chi connectivity index (χ1v) is 7.66. The Morgan fingerprint density at radius 1 is 0.650 bits per heavy atom. The molecule has 0 aliphatic heterocycles. The zero-order valence-electron chi connectivity index (χ0n) is 13.2. The van der Waals surface area contributed by atoms with Gasteiger partial charge in [0.15, 0.2) is 0 Å². The first-order chi connectivity index (χ1) is 9.91. The van der Waals surface area contributed by atoms with E-state index in [0.717, 1.165) is 6.54 Å². The van der Waals surface area contributed by atoms with Gasteiger partial charge in [0, 0.05) is 16.0 Å². The Morgan fingerprint density at radius 2 is 1.00 bits per heavy atom. The molecule has 124 valence electrons. The van der Waals surface area contributed by atoms with Crippen LogP contribution in [0.2, 0.25) is 0 Å². The van der Waals surface area contributed by atoms with Crippen LogP contribution in [-0.2, 0) is 23.5 Å². The van der Waals surface area contributed by atoms with Crippen LogP contribution in [0.3, 0.4) is 0 Å². The molecule has 0 fully saturated rings. The summed E-state index contributed by atoms with van der Waals surface area (Å²) in [6.45, 7) is 10.3. The molecule has 6 nitrogen and oxygen atoms in total. The molecule has 0 saturated carbocycles. The van der Waals surface area contributed by atoms with Crippen molar-refractivity contribution >= 4 is 9.47 Å². The molecular formula is C13H32NO5P. The van der Waals surface area contributed by atoms with Gasteiger partial charge in [-0.15, -0.1) is 0 Å². The van der Waals surface area contributed by atoms with Gasteiger partial charge in [-0.05, 0) is 7.05 Å². The minimum atomic E-state index is 0.582. The van der Waals surface area contributed by atoms with Crippen LogP contribution in [0.25, 0.3) is 0 Å². The van der Waals surface area contributed by atoms with Crippen molar-refractivity contribution in [2.24, 2.45) is 0 Å². The largest absolute Gasteiger partial charge is 0.378 e. The predicted octanol–water partition coefficient (Wildman–Crippen LogP) is 1.11. The van der Waals surface area contributed by atoms with E-state index in [2.05, 4.69) is 14.8 Å². The minimum absolute atomic E-state index is 0.582.